The molecule has 10 heteroatoms. The van der Waals surface area contributed by atoms with Crippen LogP contribution in [0.25, 0.3) is 33.8 Å². The van der Waals surface area contributed by atoms with E-state index in [0.29, 0.717) is 22.1 Å². The van der Waals surface area contributed by atoms with Crippen molar-refractivity contribution in [2.45, 2.75) is 6.92 Å². The van der Waals surface area contributed by atoms with Gasteiger partial charge in [-0.15, -0.1) is 10.2 Å². The molecule has 0 saturated carbocycles. The van der Waals surface area contributed by atoms with Gasteiger partial charge >= 0.3 is 0 Å². The third kappa shape index (κ3) is 2.32. The van der Waals surface area contributed by atoms with Gasteiger partial charge in [-0.05, 0) is 30.7 Å². The van der Waals surface area contributed by atoms with E-state index in [1.807, 2.05) is 31.2 Å². The third-order valence-electron chi connectivity index (χ3n) is 4.32. The van der Waals surface area contributed by atoms with Crippen molar-refractivity contribution in [2.75, 3.05) is 0 Å². The van der Waals surface area contributed by atoms with Crippen LogP contribution in [0.3, 0.4) is 0 Å². The lowest BCUT2D eigenvalue weighted by Crippen LogP contribution is -2.21. The monoisotopic (exact) mass is 378 g/mol. The number of halogens is 1. The topological polar surface area (TPSA) is 107 Å². The maximum absolute atomic E-state index is 12.8. The highest BCUT2D eigenvalue weighted by Crippen LogP contribution is 2.29. The number of aryl methyl sites for hydroxylation is 1. The number of nitrogens with one attached hydrogen (secondary N) is 1. The minimum atomic E-state index is -0.361. The summed E-state index contributed by atoms with van der Waals surface area (Å²) in [7, 11) is 0. The van der Waals surface area contributed by atoms with Crippen molar-refractivity contribution in [1.29, 1.82) is 0 Å². The van der Waals surface area contributed by atoms with Crippen LogP contribution in [0, 0.1) is 6.92 Å². The Kier molecular flexibility index (Phi) is 3.31. The molecule has 4 aromatic heterocycles. The number of rotatable bonds is 2. The molecule has 0 saturated heterocycles. The first-order valence-corrected chi connectivity index (χ1v) is 8.40. The molecular weight excluding hydrogens is 368 g/mol. The fraction of sp³-hybridized carbons (Fsp3) is 0.0588. The van der Waals surface area contributed by atoms with Gasteiger partial charge in [-0.25, -0.2) is 9.61 Å². The highest BCUT2D eigenvalue weighted by atomic mass is 35.5. The summed E-state index contributed by atoms with van der Waals surface area (Å²) < 4.78 is 2.96. The van der Waals surface area contributed by atoms with Crippen LogP contribution >= 0.6 is 11.6 Å². The molecule has 4 heterocycles. The van der Waals surface area contributed by atoms with Gasteiger partial charge in [0.1, 0.15) is 11.8 Å². The van der Waals surface area contributed by atoms with Crippen molar-refractivity contribution < 1.29 is 0 Å². The van der Waals surface area contributed by atoms with E-state index in [1.165, 1.54) is 10.9 Å². The van der Waals surface area contributed by atoms with Gasteiger partial charge in [-0.3, -0.25) is 9.36 Å². The van der Waals surface area contributed by atoms with Crippen molar-refractivity contribution in [3.63, 3.8) is 0 Å². The highest BCUT2D eigenvalue weighted by Gasteiger charge is 2.18. The van der Waals surface area contributed by atoms with E-state index >= 15 is 0 Å². The second-order valence-electron chi connectivity index (χ2n) is 5.94. The zero-order valence-corrected chi connectivity index (χ0v) is 14.7. The van der Waals surface area contributed by atoms with Crippen LogP contribution in [-0.4, -0.2) is 39.6 Å². The molecule has 9 nitrogen and oxygen atoms in total. The lowest BCUT2D eigenvalue weighted by Gasteiger charge is -2.04. The average molecular weight is 379 g/mol. The van der Waals surface area contributed by atoms with Crippen LogP contribution in [0.1, 0.15) is 5.69 Å². The molecule has 0 bridgehead atoms. The minimum Gasteiger partial charge on any atom is -0.266 e. The predicted octanol–water partition coefficient (Wildman–Crippen LogP) is 2.18. The molecule has 5 aromatic rings. The maximum Gasteiger partial charge on any atom is 0.287 e. The van der Waals surface area contributed by atoms with Crippen LogP contribution in [0.15, 0.2) is 47.7 Å². The zero-order valence-electron chi connectivity index (χ0n) is 14.0. The van der Waals surface area contributed by atoms with Crippen LogP contribution in [0.2, 0.25) is 5.02 Å². The van der Waals surface area contributed by atoms with Gasteiger partial charge in [0, 0.05) is 11.2 Å². The molecule has 0 aliphatic carbocycles. The Hall–Kier alpha value is -3.59. The number of benzene rings is 1. The second kappa shape index (κ2) is 5.71. The first kappa shape index (κ1) is 15.6. The van der Waals surface area contributed by atoms with Crippen molar-refractivity contribution in [3.05, 3.63) is 63.9 Å². The zero-order chi connectivity index (χ0) is 18.5. The lowest BCUT2D eigenvalue weighted by molar-refractivity contribution is 0.874. The number of aromatic nitrogens is 8. The fourth-order valence-electron chi connectivity index (χ4n) is 3.09. The Morgan fingerprint density at radius 3 is 2.67 bits per heavy atom. The quantitative estimate of drug-likeness (QED) is 0.504. The smallest absolute Gasteiger partial charge is 0.266 e. The summed E-state index contributed by atoms with van der Waals surface area (Å²) in [6.07, 6.45) is 2.93. The molecule has 0 unspecified atom stereocenters. The molecule has 27 heavy (non-hydrogen) atoms. The molecule has 0 aliphatic heterocycles. The van der Waals surface area contributed by atoms with E-state index in [0.717, 1.165) is 16.8 Å². The van der Waals surface area contributed by atoms with Gasteiger partial charge < -0.3 is 0 Å². The third-order valence-corrected chi connectivity index (χ3v) is 4.57. The van der Waals surface area contributed by atoms with Crippen molar-refractivity contribution >= 4 is 28.3 Å². The van der Waals surface area contributed by atoms with E-state index in [1.54, 1.807) is 16.8 Å². The van der Waals surface area contributed by atoms with Gasteiger partial charge in [-0.2, -0.15) is 15.2 Å². The summed E-state index contributed by atoms with van der Waals surface area (Å²) in [5.74, 6) is 0.308. The van der Waals surface area contributed by atoms with Crippen LogP contribution in [0.5, 0.6) is 0 Å². The number of pyridine rings is 1. The van der Waals surface area contributed by atoms with E-state index in [9.17, 15) is 4.79 Å². The van der Waals surface area contributed by atoms with Crippen molar-refractivity contribution in [2.24, 2.45) is 0 Å². The molecule has 0 spiro atoms. The molecule has 0 radical (unpaired) electrons. The van der Waals surface area contributed by atoms with Gasteiger partial charge in [0.2, 0.25) is 5.95 Å². The van der Waals surface area contributed by atoms with Gasteiger partial charge in [0.25, 0.3) is 5.56 Å². The predicted molar refractivity (Wildman–Crippen MR) is 99.0 cm³/mol. The van der Waals surface area contributed by atoms with Crippen molar-refractivity contribution in [1.82, 2.24) is 39.6 Å². The molecule has 5 rings (SSSR count). The molecule has 0 amide bonds. The molecule has 0 aliphatic rings. The first-order chi connectivity index (χ1) is 13.1. The number of hydrogen-bond acceptors (Lipinski definition) is 6. The molecule has 1 aromatic carbocycles. The van der Waals surface area contributed by atoms with E-state index in [4.69, 9.17) is 11.6 Å². The number of hydrogen-bond donors (Lipinski definition) is 1. The van der Waals surface area contributed by atoms with E-state index < -0.39 is 0 Å². The highest BCUT2D eigenvalue weighted by molar-refractivity contribution is 6.30. The Morgan fingerprint density at radius 2 is 1.93 bits per heavy atom. The Labute approximate surface area is 156 Å². The Bertz CT molecular complexity index is 1350. The Morgan fingerprint density at radius 1 is 1.11 bits per heavy atom. The summed E-state index contributed by atoms with van der Waals surface area (Å²) in [5.41, 5.74) is 3.50. The number of H-pyrrole nitrogens is 1. The summed E-state index contributed by atoms with van der Waals surface area (Å²) in [6.45, 7) is 1.89. The van der Waals surface area contributed by atoms with Crippen LogP contribution in [0.4, 0.5) is 0 Å². The minimum absolute atomic E-state index is 0.187. The molecular formula is C17H11ClN8O. The molecule has 132 valence electrons. The van der Waals surface area contributed by atoms with Gasteiger partial charge in [0.15, 0.2) is 11.2 Å². The largest absolute Gasteiger partial charge is 0.287 e. The van der Waals surface area contributed by atoms with Crippen molar-refractivity contribution in [3.8, 4) is 17.1 Å². The number of nitrogens with zero attached hydrogens (tertiary/aromatic N) is 7. The summed E-state index contributed by atoms with van der Waals surface area (Å²) in [5, 5.41) is 20.1. The summed E-state index contributed by atoms with van der Waals surface area (Å²) in [4.78, 5) is 16.8. The molecule has 0 atom stereocenters. The van der Waals surface area contributed by atoms with Gasteiger partial charge in [0.05, 0.1) is 11.3 Å². The van der Waals surface area contributed by atoms with Crippen LogP contribution < -0.4 is 5.56 Å². The number of aromatic amines is 1. The average Bonchev–Trinajstić information content (AvgIpc) is 3.30. The summed E-state index contributed by atoms with van der Waals surface area (Å²) in [6, 6.07) is 9.17. The van der Waals surface area contributed by atoms with E-state index in [-0.39, 0.29) is 11.1 Å². The van der Waals surface area contributed by atoms with E-state index in [2.05, 4.69) is 30.5 Å². The molecule has 1 N–H and O–H groups in total. The number of fused-ring (bicyclic) bond motifs is 3. The lowest BCUT2D eigenvalue weighted by atomic mass is 10.1. The molecule has 0 fully saturated rings. The van der Waals surface area contributed by atoms with Crippen LogP contribution in [-0.2, 0) is 0 Å². The second-order valence-corrected chi connectivity index (χ2v) is 6.37. The van der Waals surface area contributed by atoms with Gasteiger partial charge in [-0.1, -0.05) is 23.7 Å². The fourth-order valence-corrected chi connectivity index (χ4v) is 3.22. The maximum atomic E-state index is 12.8. The first-order valence-electron chi connectivity index (χ1n) is 8.02. The SMILES string of the molecule is Cc1nn2c(nnc3c(=O)n(-c4ncn[nH]4)ccc32)c1-c1ccc(Cl)cc1. The normalized spacial score (nSPS) is 11.5. The summed E-state index contributed by atoms with van der Waals surface area (Å²) >= 11 is 5.99. The standard InChI is InChI=1S/C17H11ClN8O/c1-9-13(10-2-4-11(18)5-3-10)15-22-21-14-12(26(15)24-9)6-7-25(16(14)27)17-19-8-20-23-17/h2-8H,1H3,(H,19,20,23). The Balaban J connectivity index is 1.79.